The fraction of sp³-hybridized carbons (Fsp3) is 0.500. The van der Waals surface area contributed by atoms with Crippen LogP contribution in [0.25, 0.3) is 0 Å². The standard InChI is InChI=1S/C6H11NO2S/c1-2-3-7-5(4-10)6(8)9/h2-3,5,7,10H,4H2,1H3,(H,8,9)/t5-/m1/s1. The average Bonchev–Trinajstić information content (AvgIpc) is 1.89. The molecular weight excluding hydrogens is 150 g/mol. The minimum Gasteiger partial charge on any atom is -0.480 e. The Morgan fingerprint density at radius 1 is 1.90 bits per heavy atom. The molecule has 0 aliphatic rings. The number of hydrogen-bond acceptors (Lipinski definition) is 3. The van der Waals surface area contributed by atoms with Crippen LogP contribution in [0.5, 0.6) is 0 Å². The van der Waals surface area contributed by atoms with E-state index < -0.39 is 12.0 Å². The van der Waals surface area contributed by atoms with Crippen molar-refractivity contribution < 1.29 is 9.90 Å². The first-order valence-electron chi connectivity index (χ1n) is 2.93. The Morgan fingerprint density at radius 3 is 2.80 bits per heavy atom. The lowest BCUT2D eigenvalue weighted by Crippen LogP contribution is -2.34. The van der Waals surface area contributed by atoms with Crippen molar-refractivity contribution in [2.75, 3.05) is 5.75 Å². The van der Waals surface area contributed by atoms with Gasteiger partial charge in [0.05, 0.1) is 0 Å². The van der Waals surface area contributed by atoms with Crippen LogP contribution >= 0.6 is 12.6 Å². The van der Waals surface area contributed by atoms with Crippen molar-refractivity contribution in [1.29, 1.82) is 0 Å². The molecule has 0 aliphatic carbocycles. The third-order valence-electron chi connectivity index (χ3n) is 0.945. The molecule has 0 unspecified atom stereocenters. The van der Waals surface area contributed by atoms with Crippen LogP contribution in [0.15, 0.2) is 12.3 Å². The lowest BCUT2D eigenvalue weighted by molar-refractivity contribution is -0.138. The highest BCUT2D eigenvalue weighted by Gasteiger charge is 2.11. The molecule has 0 aromatic carbocycles. The summed E-state index contributed by atoms with van der Waals surface area (Å²) >= 11 is 3.85. The average molecular weight is 161 g/mol. The number of rotatable bonds is 4. The molecule has 1 atom stereocenters. The largest absolute Gasteiger partial charge is 0.480 e. The summed E-state index contributed by atoms with van der Waals surface area (Å²) in [7, 11) is 0. The summed E-state index contributed by atoms with van der Waals surface area (Å²) in [6, 6.07) is -0.584. The number of carbonyl (C=O) groups is 1. The maximum Gasteiger partial charge on any atom is 0.326 e. The van der Waals surface area contributed by atoms with Crippen molar-refractivity contribution in [3.05, 3.63) is 12.3 Å². The number of aliphatic carboxylic acids is 1. The highest BCUT2D eigenvalue weighted by atomic mass is 32.1. The topological polar surface area (TPSA) is 49.3 Å². The number of allylic oxidation sites excluding steroid dienone is 1. The van der Waals surface area contributed by atoms with Gasteiger partial charge in [0.2, 0.25) is 0 Å². The molecule has 3 nitrogen and oxygen atoms in total. The number of hydrogen-bond donors (Lipinski definition) is 3. The highest BCUT2D eigenvalue weighted by molar-refractivity contribution is 7.80. The van der Waals surface area contributed by atoms with Crippen LogP contribution in [0.3, 0.4) is 0 Å². The number of carboxylic acids is 1. The maximum absolute atomic E-state index is 10.3. The molecule has 58 valence electrons. The molecule has 10 heavy (non-hydrogen) atoms. The Kier molecular flexibility index (Phi) is 4.84. The Hall–Kier alpha value is -0.640. The Labute approximate surface area is 65.5 Å². The predicted molar refractivity (Wildman–Crippen MR) is 43.2 cm³/mol. The van der Waals surface area contributed by atoms with E-state index in [9.17, 15) is 4.79 Å². The van der Waals surface area contributed by atoms with Gasteiger partial charge in [0.25, 0.3) is 0 Å². The second kappa shape index (κ2) is 5.17. The summed E-state index contributed by atoms with van der Waals surface area (Å²) in [4.78, 5) is 10.3. The normalized spacial score (nSPS) is 13.4. The zero-order valence-electron chi connectivity index (χ0n) is 5.74. The first-order valence-corrected chi connectivity index (χ1v) is 3.56. The Morgan fingerprint density at radius 2 is 2.50 bits per heavy atom. The van der Waals surface area contributed by atoms with Gasteiger partial charge < -0.3 is 10.4 Å². The minimum atomic E-state index is -0.881. The number of thiol groups is 1. The van der Waals surface area contributed by atoms with Crippen molar-refractivity contribution in [1.82, 2.24) is 5.32 Å². The van der Waals surface area contributed by atoms with Gasteiger partial charge in [-0.15, -0.1) is 0 Å². The van der Waals surface area contributed by atoms with Crippen molar-refractivity contribution in [2.24, 2.45) is 0 Å². The lowest BCUT2D eigenvalue weighted by Gasteiger charge is -2.07. The van der Waals surface area contributed by atoms with Crippen molar-refractivity contribution in [2.45, 2.75) is 13.0 Å². The van der Waals surface area contributed by atoms with Gasteiger partial charge in [-0.2, -0.15) is 12.6 Å². The molecule has 4 heteroatoms. The zero-order chi connectivity index (χ0) is 7.98. The molecule has 0 saturated heterocycles. The van der Waals surface area contributed by atoms with Crippen LogP contribution in [-0.4, -0.2) is 22.9 Å². The van der Waals surface area contributed by atoms with Crippen molar-refractivity contribution in [3.63, 3.8) is 0 Å². The van der Waals surface area contributed by atoms with E-state index in [1.807, 2.05) is 6.92 Å². The van der Waals surface area contributed by atoms with Gasteiger partial charge >= 0.3 is 5.97 Å². The predicted octanol–water partition coefficient (Wildman–Crippen LogP) is 0.493. The minimum absolute atomic E-state index is 0.291. The van der Waals surface area contributed by atoms with E-state index in [2.05, 4.69) is 17.9 Å². The van der Waals surface area contributed by atoms with Crippen molar-refractivity contribution in [3.8, 4) is 0 Å². The fourth-order valence-electron chi connectivity index (χ4n) is 0.414. The third-order valence-corrected chi connectivity index (χ3v) is 1.31. The smallest absolute Gasteiger partial charge is 0.326 e. The molecule has 0 aromatic rings. The third kappa shape index (κ3) is 3.40. The lowest BCUT2D eigenvalue weighted by atomic mass is 10.3. The van der Waals surface area contributed by atoms with Gasteiger partial charge in [-0.05, 0) is 13.1 Å². The SMILES string of the molecule is CC=CN[C@H](CS)C(=O)O. The summed E-state index contributed by atoms with van der Waals surface area (Å²) < 4.78 is 0. The molecule has 0 heterocycles. The molecule has 0 saturated carbocycles. The second-order valence-corrected chi connectivity index (χ2v) is 2.11. The summed E-state index contributed by atoms with van der Waals surface area (Å²) in [5.74, 6) is -0.590. The summed E-state index contributed by atoms with van der Waals surface area (Å²) in [6.45, 7) is 1.81. The van der Waals surface area contributed by atoms with E-state index in [4.69, 9.17) is 5.11 Å². The summed E-state index contributed by atoms with van der Waals surface area (Å²) in [5.41, 5.74) is 0. The van der Waals surface area contributed by atoms with Gasteiger partial charge in [-0.1, -0.05) is 6.08 Å². The molecular formula is C6H11NO2S. The van der Waals surface area contributed by atoms with Gasteiger partial charge in [0.15, 0.2) is 0 Å². The molecule has 0 radical (unpaired) electrons. The molecule has 0 spiro atoms. The molecule has 0 amide bonds. The molecule has 0 rings (SSSR count). The van der Waals surface area contributed by atoms with Crippen molar-refractivity contribution >= 4 is 18.6 Å². The van der Waals surface area contributed by atoms with Gasteiger partial charge in [0, 0.05) is 5.75 Å². The quantitative estimate of drug-likeness (QED) is 0.526. The van der Waals surface area contributed by atoms with E-state index in [1.54, 1.807) is 12.3 Å². The number of nitrogens with one attached hydrogen (secondary N) is 1. The van der Waals surface area contributed by atoms with Gasteiger partial charge in [-0.3, -0.25) is 0 Å². The number of carboxylic acid groups (broad SMARTS) is 1. The molecule has 0 aliphatic heterocycles. The van der Waals surface area contributed by atoms with Crippen LogP contribution in [0.4, 0.5) is 0 Å². The zero-order valence-corrected chi connectivity index (χ0v) is 6.64. The molecule has 0 bridgehead atoms. The van der Waals surface area contributed by atoms with Crippen LogP contribution in [0, 0.1) is 0 Å². The first kappa shape index (κ1) is 9.36. The van der Waals surface area contributed by atoms with Crippen LogP contribution in [0.1, 0.15) is 6.92 Å². The Balaban J connectivity index is 3.71. The van der Waals surface area contributed by atoms with E-state index in [0.29, 0.717) is 5.75 Å². The van der Waals surface area contributed by atoms with E-state index in [0.717, 1.165) is 0 Å². The highest BCUT2D eigenvalue weighted by Crippen LogP contribution is 1.87. The Bertz CT molecular complexity index is 136. The first-order chi connectivity index (χ1) is 4.72. The van der Waals surface area contributed by atoms with E-state index >= 15 is 0 Å². The molecule has 0 fully saturated rings. The fourth-order valence-corrected chi connectivity index (χ4v) is 0.676. The van der Waals surface area contributed by atoms with Crippen LogP contribution < -0.4 is 5.32 Å². The maximum atomic E-state index is 10.3. The van der Waals surface area contributed by atoms with E-state index in [-0.39, 0.29) is 0 Å². The van der Waals surface area contributed by atoms with E-state index in [1.165, 1.54) is 0 Å². The molecule has 0 aromatic heterocycles. The second-order valence-electron chi connectivity index (χ2n) is 1.74. The molecule has 2 N–H and O–H groups in total. The van der Waals surface area contributed by atoms with Crippen LogP contribution in [0.2, 0.25) is 0 Å². The monoisotopic (exact) mass is 161 g/mol. The summed E-state index contributed by atoms with van der Waals surface area (Å²) in [5, 5.41) is 11.1. The van der Waals surface area contributed by atoms with Crippen LogP contribution in [-0.2, 0) is 4.79 Å². The van der Waals surface area contributed by atoms with Gasteiger partial charge in [0.1, 0.15) is 6.04 Å². The van der Waals surface area contributed by atoms with Gasteiger partial charge in [-0.25, -0.2) is 4.79 Å². The summed E-state index contributed by atoms with van der Waals surface area (Å²) in [6.07, 6.45) is 3.33.